The molecule has 0 N–H and O–H groups in total. The monoisotopic (exact) mass is 457 g/mol. The van der Waals surface area contributed by atoms with Gasteiger partial charge in [-0.25, -0.2) is 9.36 Å². The Labute approximate surface area is 169 Å². The maximum Gasteiger partial charge on any atom is 0.431 e. The fraction of sp³-hybridized carbons (Fsp3) is 0.438. The van der Waals surface area contributed by atoms with Gasteiger partial charge in [0, 0.05) is 19.2 Å². The molecule has 1 aromatic heterocycles. The molecule has 164 valence electrons. The van der Waals surface area contributed by atoms with E-state index in [1.165, 1.54) is 0 Å². The maximum atomic E-state index is 14.5. The number of aromatic nitrogens is 2. The summed E-state index contributed by atoms with van der Waals surface area (Å²) in [6.07, 6.45) is -4.13. The van der Waals surface area contributed by atoms with Crippen LogP contribution in [0, 0.1) is 0 Å². The van der Waals surface area contributed by atoms with Crippen LogP contribution in [0.4, 0.5) is 22.0 Å². The molecular formula is C16H13ClF5N3O5. The molecule has 1 aliphatic heterocycles. The predicted octanol–water partition coefficient (Wildman–Crippen LogP) is 2.14. The second-order valence-electron chi connectivity index (χ2n) is 6.18. The van der Waals surface area contributed by atoms with E-state index in [1.807, 2.05) is 0 Å². The standard InChI is InChI=1S/C16H13ClF5N3O5/c1-24-11(16(20,21)22)5-13(26)25(14(24)27)10-4-9(8(17)6-15(10,18)19)29-7-12-23-30-3-2-28-12/h4-6,10H,2-3,7H2,1H3. The van der Waals surface area contributed by atoms with E-state index in [4.69, 9.17) is 25.9 Å². The molecule has 0 spiro atoms. The van der Waals surface area contributed by atoms with Crippen molar-refractivity contribution < 1.29 is 36.3 Å². The number of nitrogens with zero attached hydrogens (tertiary/aromatic N) is 3. The first-order valence-corrected chi connectivity index (χ1v) is 8.62. The molecule has 14 heteroatoms. The van der Waals surface area contributed by atoms with E-state index in [9.17, 15) is 31.5 Å². The average molecular weight is 458 g/mol. The Morgan fingerprint density at radius 1 is 1.33 bits per heavy atom. The van der Waals surface area contributed by atoms with Crippen LogP contribution in [0.15, 0.2) is 43.8 Å². The molecule has 8 nitrogen and oxygen atoms in total. The quantitative estimate of drug-likeness (QED) is 0.647. The molecule has 1 atom stereocenters. The molecular weight excluding hydrogens is 445 g/mol. The summed E-state index contributed by atoms with van der Waals surface area (Å²) in [4.78, 5) is 29.3. The number of ether oxygens (including phenoxy) is 2. The lowest BCUT2D eigenvalue weighted by atomic mass is 10.0. The van der Waals surface area contributed by atoms with Crippen molar-refractivity contribution in [1.82, 2.24) is 9.13 Å². The van der Waals surface area contributed by atoms with Crippen LogP contribution in [-0.2, 0) is 27.5 Å². The van der Waals surface area contributed by atoms with E-state index in [0.29, 0.717) is 13.1 Å². The summed E-state index contributed by atoms with van der Waals surface area (Å²) >= 11 is 5.79. The van der Waals surface area contributed by atoms with Crippen molar-refractivity contribution in [1.29, 1.82) is 0 Å². The van der Waals surface area contributed by atoms with Crippen molar-refractivity contribution in [3.05, 3.63) is 55.5 Å². The van der Waals surface area contributed by atoms with Crippen molar-refractivity contribution in [3.63, 3.8) is 0 Å². The van der Waals surface area contributed by atoms with Gasteiger partial charge in [-0.05, 0) is 11.2 Å². The van der Waals surface area contributed by atoms with E-state index in [0.717, 1.165) is 0 Å². The van der Waals surface area contributed by atoms with E-state index in [1.54, 1.807) is 0 Å². The number of hydrogen-bond donors (Lipinski definition) is 0. The van der Waals surface area contributed by atoms with Crippen molar-refractivity contribution in [2.24, 2.45) is 12.2 Å². The SMILES string of the molecule is Cn1c(C(F)(F)F)cc(=O)n(C2C=C(OCC3=NOCCO3)C(Cl)=CC2(F)F)c1=O. The Morgan fingerprint density at radius 3 is 2.63 bits per heavy atom. The highest BCUT2D eigenvalue weighted by molar-refractivity contribution is 6.31. The number of hydrogen-bond acceptors (Lipinski definition) is 6. The average Bonchev–Trinajstić information content (AvgIpc) is 2.65. The number of allylic oxidation sites excluding steroid dienone is 3. The lowest BCUT2D eigenvalue weighted by Gasteiger charge is -2.28. The summed E-state index contributed by atoms with van der Waals surface area (Å²) in [6, 6.07) is -2.22. The molecule has 0 aromatic carbocycles. The molecule has 1 aromatic rings. The fourth-order valence-electron chi connectivity index (χ4n) is 2.74. The van der Waals surface area contributed by atoms with Crippen LogP contribution in [0.2, 0.25) is 0 Å². The number of oxime groups is 1. The van der Waals surface area contributed by atoms with E-state index >= 15 is 0 Å². The first-order chi connectivity index (χ1) is 13.9. The van der Waals surface area contributed by atoms with Crippen LogP contribution in [-0.4, -0.2) is 40.8 Å². The fourth-order valence-corrected chi connectivity index (χ4v) is 3.00. The highest BCUT2D eigenvalue weighted by atomic mass is 35.5. The van der Waals surface area contributed by atoms with Gasteiger partial charge in [0.25, 0.3) is 17.4 Å². The predicted molar refractivity (Wildman–Crippen MR) is 92.2 cm³/mol. The van der Waals surface area contributed by atoms with Gasteiger partial charge in [-0.2, -0.15) is 22.0 Å². The molecule has 2 heterocycles. The largest absolute Gasteiger partial charge is 0.482 e. The smallest absolute Gasteiger partial charge is 0.431 e. The van der Waals surface area contributed by atoms with Crippen molar-refractivity contribution in [2.45, 2.75) is 18.1 Å². The highest BCUT2D eigenvalue weighted by Gasteiger charge is 2.44. The summed E-state index contributed by atoms with van der Waals surface area (Å²) < 4.78 is 78.4. The molecule has 1 unspecified atom stereocenters. The van der Waals surface area contributed by atoms with E-state index < -0.39 is 40.1 Å². The molecule has 0 saturated carbocycles. The summed E-state index contributed by atoms with van der Waals surface area (Å²) in [5.41, 5.74) is -4.73. The molecule has 0 bridgehead atoms. The van der Waals surface area contributed by atoms with Crippen LogP contribution in [0.5, 0.6) is 0 Å². The van der Waals surface area contributed by atoms with Gasteiger partial charge in [0.2, 0.25) is 0 Å². The summed E-state index contributed by atoms with van der Waals surface area (Å²) in [5.74, 6) is -4.23. The minimum atomic E-state index is -5.03. The second kappa shape index (κ2) is 7.78. The Bertz CT molecular complexity index is 1060. The van der Waals surface area contributed by atoms with Gasteiger partial charge >= 0.3 is 11.9 Å². The first-order valence-electron chi connectivity index (χ1n) is 8.24. The molecule has 1 aliphatic carbocycles. The zero-order chi connectivity index (χ0) is 22.3. The van der Waals surface area contributed by atoms with Gasteiger partial charge in [-0.1, -0.05) is 11.6 Å². The van der Waals surface area contributed by atoms with Crippen LogP contribution >= 0.6 is 11.6 Å². The molecule has 0 saturated heterocycles. The summed E-state index contributed by atoms with van der Waals surface area (Å²) in [6.45, 7) is 0.0257. The van der Waals surface area contributed by atoms with Crippen LogP contribution in [0.25, 0.3) is 0 Å². The van der Waals surface area contributed by atoms with Gasteiger partial charge in [-0.15, -0.1) is 0 Å². The molecule has 3 rings (SSSR count). The molecule has 0 radical (unpaired) electrons. The summed E-state index contributed by atoms with van der Waals surface area (Å²) in [5, 5.41) is 3.00. The van der Waals surface area contributed by atoms with Gasteiger partial charge < -0.3 is 14.3 Å². The normalized spacial score (nSPS) is 21.0. The topological polar surface area (TPSA) is 84.1 Å². The molecule has 30 heavy (non-hydrogen) atoms. The van der Waals surface area contributed by atoms with Gasteiger partial charge in [0.1, 0.15) is 24.1 Å². The third kappa shape index (κ3) is 4.20. The lowest BCUT2D eigenvalue weighted by molar-refractivity contribution is -0.144. The maximum absolute atomic E-state index is 14.5. The molecule has 2 aliphatic rings. The minimum Gasteiger partial charge on any atom is -0.482 e. The first kappa shape index (κ1) is 21.9. The number of rotatable bonds is 4. The lowest BCUT2D eigenvalue weighted by Crippen LogP contribution is -2.48. The Morgan fingerprint density at radius 2 is 2.03 bits per heavy atom. The number of alkyl halides is 5. The highest BCUT2D eigenvalue weighted by Crippen LogP contribution is 2.39. The van der Waals surface area contributed by atoms with Gasteiger partial charge in [0.15, 0.2) is 13.2 Å². The van der Waals surface area contributed by atoms with Gasteiger partial charge in [0.05, 0.1) is 5.03 Å². The third-order valence-corrected chi connectivity index (χ3v) is 4.43. The van der Waals surface area contributed by atoms with Crippen LogP contribution in [0.3, 0.4) is 0 Å². The van der Waals surface area contributed by atoms with E-state index in [2.05, 4.69) is 5.16 Å². The zero-order valence-corrected chi connectivity index (χ0v) is 15.8. The second-order valence-corrected chi connectivity index (χ2v) is 6.58. The Balaban J connectivity index is 2.02. The van der Waals surface area contributed by atoms with Crippen LogP contribution in [0.1, 0.15) is 11.7 Å². The Hall–Kier alpha value is -2.83. The van der Waals surface area contributed by atoms with Crippen molar-refractivity contribution in [3.8, 4) is 0 Å². The number of halogens is 6. The minimum absolute atomic E-state index is 0.00380. The van der Waals surface area contributed by atoms with Crippen molar-refractivity contribution in [2.75, 3.05) is 19.8 Å². The van der Waals surface area contributed by atoms with Gasteiger partial charge in [-0.3, -0.25) is 9.36 Å². The molecule has 0 fully saturated rings. The summed E-state index contributed by atoms with van der Waals surface area (Å²) in [7, 11) is 0.713. The van der Waals surface area contributed by atoms with Crippen molar-refractivity contribution >= 4 is 17.5 Å². The van der Waals surface area contributed by atoms with E-state index in [-0.39, 0.29) is 52.8 Å². The van der Waals surface area contributed by atoms with Crippen LogP contribution < -0.4 is 11.2 Å². The zero-order valence-electron chi connectivity index (χ0n) is 15.1. The third-order valence-electron chi connectivity index (χ3n) is 4.14. The Kier molecular flexibility index (Phi) is 5.67. The molecule has 0 amide bonds.